The first-order chi connectivity index (χ1) is 5.88. The number of hydrogen-bond donors (Lipinski definition) is 0. The average molecular weight is 164 g/mol. The lowest BCUT2D eigenvalue weighted by molar-refractivity contribution is 0.443. The largest absolute Gasteiger partial charge is 0.336 e. The van der Waals surface area contributed by atoms with Crippen LogP contribution in [0.4, 0.5) is 0 Å². The molecule has 0 saturated heterocycles. The normalized spacial score (nSPS) is 9.25. The second-order valence-corrected chi connectivity index (χ2v) is 2.12. The van der Waals surface area contributed by atoms with Gasteiger partial charge in [0.2, 0.25) is 0 Å². The predicted octanol–water partition coefficient (Wildman–Crippen LogP) is 2.56. The number of pyridine rings is 1. The number of rotatable bonds is 0. The van der Waals surface area contributed by atoms with Crippen molar-refractivity contribution in [2.75, 3.05) is 0 Å². The molecule has 0 radical (unpaired) electrons. The topological polar surface area (TPSA) is 38.9 Å². The third-order valence-electron chi connectivity index (χ3n) is 1.43. The number of aromatic nitrogens is 2. The Hall–Kier alpha value is -1.38. The van der Waals surface area contributed by atoms with Crippen LogP contribution in [-0.2, 0) is 0 Å². The Morgan fingerprint density at radius 3 is 2.75 bits per heavy atom. The minimum absolute atomic E-state index is 0.611. The van der Waals surface area contributed by atoms with Gasteiger partial charge in [-0.25, -0.2) is 4.98 Å². The molecule has 0 aliphatic rings. The molecule has 12 heavy (non-hydrogen) atoms. The van der Waals surface area contributed by atoms with E-state index in [1.54, 1.807) is 6.20 Å². The Labute approximate surface area is 71.4 Å². The molecular formula is C9H12N2O. The number of aryl methyl sites for hydroxylation is 1. The van der Waals surface area contributed by atoms with E-state index >= 15 is 0 Å². The maximum Gasteiger partial charge on any atom is 0.257 e. The molecule has 0 spiro atoms. The maximum absolute atomic E-state index is 4.89. The molecular weight excluding hydrogens is 152 g/mol. The first-order valence-electron chi connectivity index (χ1n) is 4.05. The summed E-state index contributed by atoms with van der Waals surface area (Å²) < 4.78 is 4.89. The zero-order valence-electron chi connectivity index (χ0n) is 7.53. The summed E-state index contributed by atoms with van der Waals surface area (Å²) in [4.78, 5) is 3.97. The molecule has 2 rings (SSSR count). The van der Waals surface area contributed by atoms with E-state index in [4.69, 9.17) is 4.52 Å². The van der Waals surface area contributed by atoms with Gasteiger partial charge in [0.25, 0.3) is 5.71 Å². The molecule has 0 N–H and O–H groups in total. The Balaban J connectivity index is 0.000000336. The van der Waals surface area contributed by atoms with Crippen LogP contribution >= 0.6 is 0 Å². The highest BCUT2D eigenvalue weighted by atomic mass is 16.5. The van der Waals surface area contributed by atoms with Crippen molar-refractivity contribution in [3.8, 4) is 0 Å². The summed E-state index contributed by atoms with van der Waals surface area (Å²) in [6.45, 7) is 5.90. The minimum atomic E-state index is 0.611. The minimum Gasteiger partial charge on any atom is -0.336 e. The highest BCUT2D eigenvalue weighted by molar-refractivity contribution is 5.74. The molecule has 0 aliphatic heterocycles. The standard InChI is InChI=1S/C7H6N2O.C2H6/c1-5-6-3-2-4-8-7(6)10-9-5;1-2/h2-4H,1H3;1-2H3. The van der Waals surface area contributed by atoms with Gasteiger partial charge in [-0.1, -0.05) is 19.0 Å². The van der Waals surface area contributed by atoms with Gasteiger partial charge < -0.3 is 4.52 Å². The number of hydrogen-bond acceptors (Lipinski definition) is 3. The van der Waals surface area contributed by atoms with Crippen LogP contribution in [0.1, 0.15) is 19.5 Å². The van der Waals surface area contributed by atoms with Crippen molar-refractivity contribution >= 4 is 11.1 Å². The van der Waals surface area contributed by atoms with Crippen molar-refractivity contribution in [2.45, 2.75) is 20.8 Å². The smallest absolute Gasteiger partial charge is 0.257 e. The predicted molar refractivity (Wildman–Crippen MR) is 47.9 cm³/mol. The molecule has 3 nitrogen and oxygen atoms in total. The van der Waals surface area contributed by atoms with Crippen molar-refractivity contribution in [3.05, 3.63) is 24.0 Å². The zero-order valence-corrected chi connectivity index (χ0v) is 7.53. The molecule has 0 unspecified atom stereocenters. The van der Waals surface area contributed by atoms with Gasteiger partial charge in [0.15, 0.2) is 0 Å². The van der Waals surface area contributed by atoms with E-state index in [9.17, 15) is 0 Å². The molecule has 2 heterocycles. The van der Waals surface area contributed by atoms with Gasteiger partial charge in [0.05, 0.1) is 11.1 Å². The first kappa shape index (κ1) is 8.71. The quantitative estimate of drug-likeness (QED) is 0.600. The van der Waals surface area contributed by atoms with E-state index < -0.39 is 0 Å². The van der Waals surface area contributed by atoms with Crippen LogP contribution in [0.3, 0.4) is 0 Å². The first-order valence-corrected chi connectivity index (χ1v) is 4.05. The van der Waals surface area contributed by atoms with Crippen molar-refractivity contribution in [1.82, 2.24) is 10.1 Å². The summed E-state index contributed by atoms with van der Waals surface area (Å²) in [5, 5.41) is 4.75. The van der Waals surface area contributed by atoms with Crippen LogP contribution in [-0.4, -0.2) is 10.1 Å². The molecule has 2 aromatic heterocycles. The zero-order chi connectivity index (χ0) is 8.97. The summed E-state index contributed by atoms with van der Waals surface area (Å²) in [6.07, 6.45) is 1.69. The van der Waals surface area contributed by atoms with Crippen molar-refractivity contribution < 1.29 is 4.52 Å². The SMILES string of the molecule is CC.Cc1noc2ncccc12. The molecule has 0 bridgehead atoms. The fourth-order valence-electron chi connectivity index (χ4n) is 0.900. The molecule has 3 heteroatoms. The fourth-order valence-corrected chi connectivity index (χ4v) is 0.900. The lowest BCUT2D eigenvalue weighted by Gasteiger charge is -1.81. The van der Waals surface area contributed by atoms with E-state index in [0.717, 1.165) is 11.1 Å². The molecule has 0 fully saturated rings. The van der Waals surface area contributed by atoms with Gasteiger partial charge in [-0.2, -0.15) is 0 Å². The molecule has 0 aromatic carbocycles. The number of nitrogens with zero attached hydrogens (tertiary/aromatic N) is 2. The summed E-state index contributed by atoms with van der Waals surface area (Å²) in [7, 11) is 0. The van der Waals surface area contributed by atoms with E-state index in [0.29, 0.717) is 5.71 Å². The van der Waals surface area contributed by atoms with Crippen LogP contribution in [0.5, 0.6) is 0 Å². The van der Waals surface area contributed by atoms with Gasteiger partial charge in [0, 0.05) is 6.20 Å². The average Bonchev–Trinajstić information content (AvgIpc) is 2.53. The van der Waals surface area contributed by atoms with Gasteiger partial charge in [-0.05, 0) is 19.1 Å². The molecule has 64 valence electrons. The van der Waals surface area contributed by atoms with E-state index in [2.05, 4.69) is 10.1 Å². The Morgan fingerprint density at radius 1 is 1.33 bits per heavy atom. The van der Waals surface area contributed by atoms with E-state index in [-0.39, 0.29) is 0 Å². The van der Waals surface area contributed by atoms with Gasteiger partial charge >= 0.3 is 0 Å². The van der Waals surface area contributed by atoms with Crippen LogP contribution in [0, 0.1) is 6.92 Å². The summed E-state index contributed by atoms with van der Waals surface area (Å²) >= 11 is 0. The highest BCUT2D eigenvalue weighted by Gasteiger charge is 2.01. The molecule has 2 aromatic rings. The van der Waals surface area contributed by atoms with E-state index in [1.165, 1.54) is 0 Å². The lowest BCUT2D eigenvalue weighted by atomic mass is 10.3. The molecule has 0 atom stereocenters. The lowest BCUT2D eigenvalue weighted by Crippen LogP contribution is -1.70. The van der Waals surface area contributed by atoms with Crippen LogP contribution in [0.15, 0.2) is 22.9 Å². The third-order valence-corrected chi connectivity index (χ3v) is 1.43. The van der Waals surface area contributed by atoms with Crippen LogP contribution in [0.2, 0.25) is 0 Å². The number of fused-ring (bicyclic) bond motifs is 1. The second-order valence-electron chi connectivity index (χ2n) is 2.12. The van der Waals surface area contributed by atoms with Crippen LogP contribution < -0.4 is 0 Å². The maximum atomic E-state index is 4.89. The highest BCUT2D eigenvalue weighted by Crippen LogP contribution is 2.12. The third kappa shape index (κ3) is 1.44. The van der Waals surface area contributed by atoms with Crippen molar-refractivity contribution in [2.24, 2.45) is 0 Å². The molecule has 0 amide bonds. The molecule has 0 aliphatic carbocycles. The van der Waals surface area contributed by atoms with Crippen molar-refractivity contribution in [1.29, 1.82) is 0 Å². The van der Waals surface area contributed by atoms with E-state index in [1.807, 2.05) is 32.9 Å². The van der Waals surface area contributed by atoms with Crippen molar-refractivity contribution in [3.63, 3.8) is 0 Å². The van der Waals surface area contributed by atoms with Gasteiger partial charge in [0.1, 0.15) is 0 Å². The summed E-state index contributed by atoms with van der Waals surface area (Å²) in [5.74, 6) is 0. The molecule has 0 saturated carbocycles. The van der Waals surface area contributed by atoms with Gasteiger partial charge in [-0.3, -0.25) is 0 Å². The summed E-state index contributed by atoms with van der Waals surface area (Å²) in [6, 6.07) is 3.81. The van der Waals surface area contributed by atoms with Crippen LogP contribution in [0.25, 0.3) is 11.1 Å². The Bertz CT molecular complexity index is 354. The fraction of sp³-hybridized carbons (Fsp3) is 0.333. The second kappa shape index (κ2) is 3.85. The van der Waals surface area contributed by atoms with Gasteiger partial charge in [-0.15, -0.1) is 0 Å². The Kier molecular flexibility index (Phi) is 2.80. The monoisotopic (exact) mass is 164 g/mol. The Morgan fingerprint density at radius 2 is 2.08 bits per heavy atom. The summed E-state index contributed by atoms with van der Waals surface area (Å²) in [5.41, 5.74) is 1.50.